The largest absolute Gasteiger partial charge is 0.496 e. The second-order valence-corrected chi connectivity index (χ2v) is 8.22. The lowest BCUT2D eigenvalue weighted by atomic mass is 10.1. The first kappa shape index (κ1) is 21.0. The summed E-state index contributed by atoms with van der Waals surface area (Å²) in [7, 11) is 4.92. The molecule has 36 heavy (non-hydrogen) atoms. The zero-order chi connectivity index (χ0) is 28.2. The minimum Gasteiger partial charge on any atom is -0.496 e. The van der Waals surface area contributed by atoms with Crippen LogP contribution >= 0.6 is 0 Å². The minimum atomic E-state index is -2.20. The second kappa shape index (κ2) is 11.0. The molecule has 0 spiro atoms. The van der Waals surface area contributed by atoms with Gasteiger partial charge in [-0.1, -0.05) is 23.9 Å². The van der Waals surface area contributed by atoms with Gasteiger partial charge in [-0.05, 0) is 38.3 Å². The molecule has 10 nitrogen and oxygen atoms in total. The number of hydrogen-bond acceptors (Lipinski definition) is 8. The maximum Gasteiger partial charge on any atom is 0.247 e. The molecule has 1 N–H and O–H groups in total. The molecule has 0 radical (unpaired) electrons. The van der Waals surface area contributed by atoms with Gasteiger partial charge in [-0.3, -0.25) is 4.79 Å². The SMILES string of the molecule is [2H]C([2H])([2H])N(C)CCN(C)c1cc(OC)c(Cc2nccc(-n3nnc4ccccc43)n2)cc1NC(=O)C=C. The lowest BCUT2D eigenvalue weighted by Gasteiger charge is -2.25. The summed E-state index contributed by atoms with van der Waals surface area (Å²) < 4.78 is 30.1. The maximum absolute atomic E-state index is 12.3. The predicted molar refractivity (Wildman–Crippen MR) is 141 cm³/mol. The van der Waals surface area contributed by atoms with Crippen LogP contribution in [0.2, 0.25) is 0 Å². The second-order valence-electron chi connectivity index (χ2n) is 8.22. The van der Waals surface area contributed by atoms with Gasteiger partial charge in [0.05, 0.1) is 24.0 Å². The van der Waals surface area contributed by atoms with Crippen molar-refractivity contribution in [3.8, 4) is 11.6 Å². The maximum atomic E-state index is 12.3. The number of para-hydroxylation sites is 1. The van der Waals surface area contributed by atoms with Gasteiger partial charge in [-0.2, -0.15) is 4.68 Å². The van der Waals surface area contributed by atoms with Crippen LogP contribution in [0.3, 0.4) is 0 Å². The van der Waals surface area contributed by atoms with Crippen LogP contribution in [0.15, 0.2) is 61.3 Å². The van der Waals surface area contributed by atoms with Crippen LogP contribution in [0.1, 0.15) is 15.5 Å². The van der Waals surface area contributed by atoms with Gasteiger partial charge in [0, 0.05) is 54.6 Å². The standard InChI is InChI=1S/C26H30N8O2/c1-6-26(35)28-20-15-18(23(36-5)17-22(20)33(4)14-13-32(2)3)16-24-27-12-11-25(29-24)34-21-10-8-7-9-19(21)30-31-34/h6-12,15,17H,1,13-14,16H2,2-5H3,(H,28,35)/i2D3. The smallest absolute Gasteiger partial charge is 0.247 e. The highest BCUT2D eigenvalue weighted by Crippen LogP contribution is 2.34. The van der Waals surface area contributed by atoms with Gasteiger partial charge in [0.15, 0.2) is 5.82 Å². The molecule has 0 saturated heterocycles. The van der Waals surface area contributed by atoms with Gasteiger partial charge >= 0.3 is 0 Å². The van der Waals surface area contributed by atoms with Gasteiger partial charge in [0.1, 0.15) is 17.1 Å². The van der Waals surface area contributed by atoms with Crippen molar-refractivity contribution in [2.75, 3.05) is 51.5 Å². The van der Waals surface area contributed by atoms with E-state index >= 15 is 0 Å². The third-order valence-corrected chi connectivity index (χ3v) is 5.63. The highest BCUT2D eigenvalue weighted by Gasteiger charge is 2.17. The number of aromatic nitrogens is 5. The summed E-state index contributed by atoms with van der Waals surface area (Å²) in [6, 6.07) is 13.0. The highest BCUT2D eigenvalue weighted by molar-refractivity contribution is 6.01. The Morgan fingerprint density at radius 3 is 2.86 bits per heavy atom. The van der Waals surface area contributed by atoms with Crippen LogP contribution in [-0.2, 0) is 11.2 Å². The van der Waals surface area contributed by atoms with E-state index in [2.05, 4.69) is 27.2 Å². The molecular formula is C26H30N8O2. The molecule has 10 heteroatoms. The van der Waals surface area contributed by atoms with E-state index in [0.717, 1.165) is 16.6 Å². The van der Waals surface area contributed by atoms with E-state index in [1.165, 1.54) is 11.0 Å². The summed E-state index contributed by atoms with van der Waals surface area (Å²) in [6.07, 6.45) is 3.15. The Hall–Kier alpha value is -4.31. The predicted octanol–water partition coefficient (Wildman–Crippen LogP) is 2.93. The molecule has 1 amide bonds. The fraction of sp³-hybridized carbons (Fsp3) is 0.269. The summed E-state index contributed by atoms with van der Waals surface area (Å²) in [5, 5.41) is 11.3. The number of carbonyl (C=O) groups is 1. The van der Waals surface area contributed by atoms with E-state index < -0.39 is 6.98 Å². The average molecular weight is 490 g/mol. The molecule has 0 atom stereocenters. The molecule has 0 bridgehead atoms. The van der Waals surface area contributed by atoms with E-state index in [-0.39, 0.29) is 12.5 Å². The number of ether oxygens (including phenoxy) is 1. The number of carbonyl (C=O) groups excluding carboxylic acids is 1. The van der Waals surface area contributed by atoms with Crippen LogP contribution in [-0.4, -0.2) is 77.0 Å². The Bertz CT molecular complexity index is 1490. The molecule has 4 aromatic rings. The lowest BCUT2D eigenvalue weighted by molar-refractivity contribution is -0.111. The van der Waals surface area contributed by atoms with Crippen LogP contribution in [0.25, 0.3) is 16.9 Å². The molecule has 0 fully saturated rings. The van der Waals surface area contributed by atoms with Crippen molar-refractivity contribution in [3.63, 3.8) is 0 Å². The minimum absolute atomic E-state index is 0.281. The average Bonchev–Trinajstić information content (AvgIpc) is 3.35. The number of fused-ring (bicyclic) bond motifs is 1. The van der Waals surface area contributed by atoms with Crippen molar-refractivity contribution in [1.82, 2.24) is 29.9 Å². The van der Waals surface area contributed by atoms with Crippen LogP contribution in [0, 0.1) is 0 Å². The van der Waals surface area contributed by atoms with E-state index in [9.17, 15) is 4.79 Å². The molecule has 186 valence electrons. The van der Waals surface area contributed by atoms with E-state index in [4.69, 9.17) is 13.8 Å². The third kappa shape index (κ3) is 5.49. The zero-order valence-electron chi connectivity index (χ0n) is 23.5. The first-order valence-electron chi connectivity index (χ1n) is 12.8. The highest BCUT2D eigenvalue weighted by atomic mass is 16.5. The monoisotopic (exact) mass is 489 g/mol. The van der Waals surface area contributed by atoms with Crippen molar-refractivity contribution in [3.05, 3.63) is 72.7 Å². The fourth-order valence-electron chi connectivity index (χ4n) is 3.76. The number of likely N-dealkylation sites (N-methyl/N-ethyl adjacent to an activating group) is 2. The Balaban J connectivity index is 1.66. The van der Waals surface area contributed by atoms with Crippen molar-refractivity contribution in [2.45, 2.75) is 6.42 Å². The van der Waals surface area contributed by atoms with Gasteiger partial charge < -0.3 is 19.9 Å². The molecule has 4 rings (SSSR count). The van der Waals surface area contributed by atoms with E-state index in [0.29, 0.717) is 41.7 Å². The number of benzene rings is 2. The molecule has 0 saturated carbocycles. The molecule has 0 unspecified atom stereocenters. The first-order valence-corrected chi connectivity index (χ1v) is 11.3. The summed E-state index contributed by atoms with van der Waals surface area (Å²) in [5.41, 5.74) is 3.51. The first-order chi connectivity index (χ1) is 18.6. The molecular weight excluding hydrogens is 456 g/mol. The molecule has 2 heterocycles. The van der Waals surface area contributed by atoms with E-state index in [1.54, 1.807) is 43.2 Å². The molecule has 2 aromatic carbocycles. The number of methoxy groups -OCH3 is 1. The number of anilines is 2. The number of rotatable bonds is 10. The molecule has 0 aliphatic heterocycles. The number of nitrogens with zero attached hydrogens (tertiary/aromatic N) is 7. The van der Waals surface area contributed by atoms with Gasteiger partial charge in [0.2, 0.25) is 5.91 Å². The number of hydrogen-bond donors (Lipinski definition) is 1. The van der Waals surface area contributed by atoms with Crippen molar-refractivity contribution in [1.29, 1.82) is 0 Å². The summed E-state index contributed by atoms with van der Waals surface area (Å²) >= 11 is 0. The van der Waals surface area contributed by atoms with Crippen molar-refractivity contribution >= 4 is 28.3 Å². The Morgan fingerprint density at radius 2 is 2.08 bits per heavy atom. The molecule has 0 aliphatic carbocycles. The van der Waals surface area contributed by atoms with E-state index in [1.807, 2.05) is 36.2 Å². The summed E-state index contributed by atoms with van der Waals surface area (Å²) in [5.74, 6) is 1.28. The fourth-order valence-corrected chi connectivity index (χ4v) is 3.76. The van der Waals surface area contributed by atoms with Gasteiger partial charge in [-0.15, -0.1) is 5.10 Å². The Labute approximate surface area is 214 Å². The number of nitrogens with one attached hydrogen (secondary N) is 1. The quantitative estimate of drug-likeness (QED) is 0.339. The third-order valence-electron chi connectivity index (χ3n) is 5.63. The zero-order valence-corrected chi connectivity index (χ0v) is 20.5. The Kier molecular flexibility index (Phi) is 6.39. The lowest BCUT2D eigenvalue weighted by Crippen LogP contribution is -2.29. The molecule has 2 aromatic heterocycles. The van der Waals surface area contributed by atoms with Gasteiger partial charge in [0.25, 0.3) is 0 Å². The van der Waals surface area contributed by atoms with Crippen molar-refractivity contribution < 1.29 is 13.6 Å². The Morgan fingerprint density at radius 1 is 1.25 bits per heavy atom. The van der Waals surface area contributed by atoms with Gasteiger partial charge in [-0.25, -0.2) is 9.97 Å². The topological polar surface area (TPSA) is 101 Å². The van der Waals surface area contributed by atoms with Crippen LogP contribution in [0.4, 0.5) is 11.4 Å². The van der Waals surface area contributed by atoms with Crippen LogP contribution in [0.5, 0.6) is 5.75 Å². The number of amides is 1. The summed E-state index contributed by atoms with van der Waals surface area (Å²) in [4.78, 5) is 24.5. The summed E-state index contributed by atoms with van der Waals surface area (Å²) in [6.45, 7) is 2.02. The van der Waals surface area contributed by atoms with Crippen molar-refractivity contribution in [2.24, 2.45) is 0 Å². The van der Waals surface area contributed by atoms with Crippen LogP contribution < -0.4 is 15.0 Å². The normalized spacial score (nSPS) is 12.6. The molecule has 0 aliphatic rings.